The molecular formula is C31H25Cl2FN8O. The van der Waals surface area contributed by atoms with Crippen molar-refractivity contribution in [1.29, 1.82) is 5.26 Å². The van der Waals surface area contributed by atoms with E-state index < -0.39 is 11.9 Å². The van der Waals surface area contributed by atoms with Gasteiger partial charge < -0.3 is 15.5 Å². The predicted octanol–water partition coefficient (Wildman–Crippen LogP) is 7.41. The number of benzene rings is 3. The summed E-state index contributed by atoms with van der Waals surface area (Å²) in [6.45, 7) is 4.71. The number of rotatable bonds is 8. The maximum Gasteiger partial charge on any atom is 0.228 e. The molecular weight excluding hydrogens is 590 g/mol. The molecule has 12 heteroatoms. The highest BCUT2D eigenvalue weighted by molar-refractivity contribution is 6.36. The Morgan fingerprint density at radius 3 is 2.56 bits per heavy atom. The summed E-state index contributed by atoms with van der Waals surface area (Å²) < 4.78 is 15.6. The van der Waals surface area contributed by atoms with E-state index in [1.807, 2.05) is 50.4 Å². The van der Waals surface area contributed by atoms with E-state index in [9.17, 15) is 14.4 Å². The molecule has 3 aromatic carbocycles. The average molecular weight is 615 g/mol. The Morgan fingerprint density at radius 2 is 1.88 bits per heavy atom. The zero-order valence-electron chi connectivity index (χ0n) is 23.1. The summed E-state index contributed by atoms with van der Waals surface area (Å²) in [5.74, 6) is -0.471. The number of pyridine rings is 1. The maximum atomic E-state index is 13.8. The Hall–Kier alpha value is -4.72. The molecule has 5 aromatic rings. The molecule has 1 amide bonds. The van der Waals surface area contributed by atoms with Crippen molar-refractivity contribution in [1.82, 2.24) is 20.0 Å². The van der Waals surface area contributed by atoms with E-state index >= 15 is 0 Å². The van der Waals surface area contributed by atoms with Crippen molar-refractivity contribution in [3.63, 3.8) is 0 Å². The average Bonchev–Trinajstić information content (AvgIpc) is 3.48. The fourth-order valence-electron chi connectivity index (χ4n) is 4.91. The Morgan fingerprint density at radius 1 is 1.07 bits per heavy atom. The molecule has 216 valence electrons. The molecule has 1 aliphatic heterocycles. The van der Waals surface area contributed by atoms with Gasteiger partial charge in [0.2, 0.25) is 5.91 Å². The number of anilines is 4. The van der Waals surface area contributed by atoms with Crippen LogP contribution in [0.4, 0.5) is 27.1 Å². The first-order valence-electron chi connectivity index (χ1n) is 13.5. The molecule has 43 heavy (non-hydrogen) atoms. The molecule has 1 saturated heterocycles. The number of amides is 1. The third-order valence-electron chi connectivity index (χ3n) is 7.26. The Bertz CT molecular complexity index is 1920. The van der Waals surface area contributed by atoms with Crippen LogP contribution >= 0.6 is 23.2 Å². The number of hydrogen-bond donors (Lipinski definition) is 2. The molecule has 0 bridgehead atoms. The van der Waals surface area contributed by atoms with Crippen molar-refractivity contribution >= 4 is 62.8 Å². The minimum absolute atomic E-state index is 0.0540. The molecule has 2 aromatic heterocycles. The second kappa shape index (κ2) is 11.5. The fourth-order valence-corrected chi connectivity index (χ4v) is 5.36. The smallest absolute Gasteiger partial charge is 0.228 e. The van der Waals surface area contributed by atoms with Gasteiger partial charge in [0, 0.05) is 47.7 Å². The van der Waals surface area contributed by atoms with Crippen LogP contribution in [0.3, 0.4) is 0 Å². The first kappa shape index (κ1) is 28.4. The van der Waals surface area contributed by atoms with Crippen LogP contribution in [0, 0.1) is 17.1 Å². The lowest BCUT2D eigenvalue weighted by Crippen LogP contribution is -2.43. The Kier molecular flexibility index (Phi) is 7.61. The summed E-state index contributed by atoms with van der Waals surface area (Å²) in [7, 11) is 0. The molecule has 0 saturated carbocycles. The summed E-state index contributed by atoms with van der Waals surface area (Å²) >= 11 is 12.8. The standard InChI is InChI=1S/C31H25Cl2FN8O/c1-17(2)42-16-27(39-40-42)30(18-4-3-5-22(10-18)41-9-8-28(41)43)38-21-11-23-29(37-20-6-7-26(34)24(32)12-20)19(14-35)15-36-31(23)25(33)13-21/h3-7,10-13,15-17,30,38H,8-9H2,1-2H3,(H,36,37)/t30-/m0/s1. The molecule has 0 unspecified atom stereocenters. The zero-order chi connectivity index (χ0) is 30.2. The minimum atomic E-state index is -0.551. The summed E-state index contributed by atoms with van der Waals surface area (Å²) in [6, 6.07) is 17.4. The van der Waals surface area contributed by atoms with Crippen molar-refractivity contribution in [2.45, 2.75) is 32.4 Å². The molecule has 1 aliphatic rings. The van der Waals surface area contributed by atoms with Gasteiger partial charge in [0.1, 0.15) is 17.6 Å². The maximum absolute atomic E-state index is 13.8. The Labute approximate surface area is 256 Å². The largest absolute Gasteiger partial charge is 0.373 e. The second-order valence-corrected chi connectivity index (χ2v) is 11.3. The van der Waals surface area contributed by atoms with Gasteiger partial charge in [0.25, 0.3) is 0 Å². The molecule has 2 N–H and O–H groups in total. The SMILES string of the molecule is CC(C)n1cc([C@@H](Nc2cc(Cl)c3ncc(C#N)c(Nc4ccc(F)c(Cl)c4)c3c2)c2cccc(N3CCC3=O)c2)nn1. The van der Waals surface area contributed by atoms with Crippen LogP contribution in [-0.2, 0) is 4.79 Å². The number of carbonyl (C=O) groups is 1. The van der Waals surface area contributed by atoms with Gasteiger partial charge in [-0.2, -0.15) is 5.26 Å². The fraction of sp³-hybridized carbons (Fsp3) is 0.194. The van der Waals surface area contributed by atoms with Crippen molar-refractivity contribution in [2.24, 2.45) is 0 Å². The number of carbonyl (C=O) groups excluding carboxylic acids is 1. The summed E-state index contributed by atoms with van der Waals surface area (Å²) in [5, 5.41) is 26.3. The normalized spacial score (nSPS) is 13.6. The highest BCUT2D eigenvalue weighted by Gasteiger charge is 2.27. The molecule has 0 aliphatic carbocycles. The molecule has 3 heterocycles. The molecule has 9 nitrogen and oxygen atoms in total. The van der Waals surface area contributed by atoms with E-state index in [1.54, 1.807) is 15.6 Å². The lowest BCUT2D eigenvalue weighted by molar-refractivity contribution is -0.122. The van der Waals surface area contributed by atoms with Gasteiger partial charge in [-0.1, -0.05) is 40.5 Å². The Balaban J connectivity index is 1.45. The van der Waals surface area contributed by atoms with Crippen molar-refractivity contribution in [2.75, 3.05) is 22.1 Å². The van der Waals surface area contributed by atoms with Crippen LogP contribution < -0.4 is 15.5 Å². The minimum Gasteiger partial charge on any atom is -0.373 e. The van der Waals surface area contributed by atoms with Gasteiger partial charge in [-0.15, -0.1) is 5.10 Å². The highest BCUT2D eigenvalue weighted by atomic mass is 35.5. The predicted molar refractivity (Wildman–Crippen MR) is 165 cm³/mol. The number of nitrogens with zero attached hydrogens (tertiary/aromatic N) is 6. The summed E-state index contributed by atoms with van der Waals surface area (Å²) in [6.07, 6.45) is 3.85. The lowest BCUT2D eigenvalue weighted by Gasteiger charge is -2.31. The van der Waals surface area contributed by atoms with E-state index in [0.717, 1.165) is 11.3 Å². The number of nitrogens with one attached hydrogen (secondary N) is 2. The van der Waals surface area contributed by atoms with Gasteiger partial charge in [0.15, 0.2) is 0 Å². The topological polar surface area (TPSA) is 112 Å². The third kappa shape index (κ3) is 5.57. The summed E-state index contributed by atoms with van der Waals surface area (Å²) in [5.41, 5.74) is 4.65. The number of β-lactam (4-membered cyclic amide) rings is 1. The summed E-state index contributed by atoms with van der Waals surface area (Å²) in [4.78, 5) is 18.3. The van der Waals surface area contributed by atoms with Crippen LogP contribution in [0.5, 0.6) is 0 Å². The van der Waals surface area contributed by atoms with Crippen molar-refractivity contribution in [3.8, 4) is 6.07 Å². The van der Waals surface area contributed by atoms with Crippen LogP contribution in [0.2, 0.25) is 10.0 Å². The quantitative estimate of drug-likeness (QED) is 0.175. The van der Waals surface area contributed by atoms with Crippen LogP contribution in [0.25, 0.3) is 10.9 Å². The molecule has 0 radical (unpaired) electrons. The lowest BCUT2D eigenvalue weighted by atomic mass is 10.0. The number of aromatic nitrogens is 4. The molecule has 1 atom stereocenters. The van der Waals surface area contributed by atoms with Gasteiger partial charge in [0.05, 0.1) is 39.1 Å². The first-order valence-corrected chi connectivity index (χ1v) is 14.3. The monoisotopic (exact) mass is 614 g/mol. The van der Waals surface area contributed by atoms with Crippen LogP contribution in [0.1, 0.15) is 49.2 Å². The van der Waals surface area contributed by atoms with Gasteiger partial charge in [-0.3, -0.25) is 9.78 Å². The van der Waals surface area contributed by atoms with E-state index in [0.29, 0.717) is 51.6 Å². The van der Waals surface area contributed by atoms with E-state index in [-0.39, 0.29) is 22.5 Å². The van der Waals surface area contributed by atoms with E-state index in [2.05, 4.69) is 32.0 Å². The van der Waals surface area contributed by atoms with Crippen LogP contribution in [-0.4, -0.2) is 32.4 Å². The highest BCUT2D eigenvalue weighted by Crippen LogP contribution is 2.37. The number of fused-ring (bicyclic) bond motifs is 1. The van der Waals surface area contributed by atoms with Gasteiger partial charge in [-0.05, 0) is 61.9 Å². The van der Waals surface area contributed by atoms with Gasteiger partial charge in [-0.25, -0.2) is 9.07 Å². The zero-order valence-corrected chi connectivity index (χ0v) is 24.7. The molecule has 1 fully saturated rings. The van der Waals surface area contributed by atoms with E-state index in [1.165, 1.54) is 24.4 Å². The first-order chi connectivity index (χ1) is 20.7. The van der Waals surface area contributed by atoms with Crippen molar-refractivity contribution < 1.29 is 9.18 Å². The molecule has 0 spiro atoms. The number of halogens is 3. The van der Waals surface area contributed by atoms with Crippen molar-refractivity contribution in [3.05, 3.63) is 99.7 Å². The van der Waals surface area contributed by atoms with Gasteiger partial charge >= 0.3 is 0 Å². The number of hydrogen-bond acceptors (Lipinski definition) is 7. The van der Waals surface area contributed by atoms with Crippen LogP contribution in [0.15, 0.2) is 67.0 Å². The molecule has 6 rings (SSSR count). The second-order valence-electron chi connectivity index (χ2n) is 10.5. The third-order valence-corrected chi connectivity index (χ3v) is 7.84. The number of nitriles is 1. The van der Waals surface area contributed by atoms with E-state index in [4.69, 9.17) is 23.2 Å².